The molecule has 0 bridgehead atoms. The molecule has 1 unspecified atom stereocenters. The van der Waals surface area contributed by atoms with Crippen LogP contribution in [0.3, 0.4) is 0 Å². The van der Waals surface area contributed by atoms with E-state index < -0.39 is 0 Å². The third-order valence-corrected chi connectivity index (χ3v) is 2.37. The predicted molar refractivity (Wildman–Crippen MR) is 45.6 cm³/mol. The minimum absolute atomic E-state index is 0.0337. The van der Waals surface area contributed by atoms with Gasteiger partial charge in [-0.25, -0.2) is 0 Å². The molecule has 0 saturated carbocycles. The van der Waals surface area contributed by atoms with Crippen molar-refractivity contribution in [1.29, 1.82) is 0 Å². The average Bonchev–Trinajstić information content (AvgIpc) is 2.08. The van der Waals surface area contributed by atoms with Gasteiger partial charge in [0.1, 0.15) is 0 Å². The summed E-state index contributed by atoms with van der Waals surface area (Å²) in [6, 6.07) is -0.0337. The van der Waals surface area contributed by atoms with Gasteiger partial charge in [-0.2, -0.15) is 0 Å². The number of nitrogens with zero attached hydrogens (tertiary/aromatic N) is 1. The van der Waals surface area contributed by atoms with E-state index in [2.05, 4.69) is 9.64 Å². The number of likely N-dealkylation sites (tertiary alicyclic amines) is 1. The molecule has 70 valence electrons. The lowest BCUT2D eigenvalue weighted by atomic mass is 9.93. The first-order valence-electron chi connectivity index (χ1n) is 4.17. The second-order valence-electron chi connectivity index (χ2n) is 3.34. The second-order valence-corrected chi connectivity index (χ2v) is 3.34. The van der Waals surface area contributed by atoms with E-state index in [9.17, 15) is 4.79 Å². The van der Waals surface area contributed by atoms with Gasteiger partial charge in [-0.05, 0) is 20.0 Å². The zero-order valence-corrected chi connectivity index (χ0v) is 7.62. The van der Waals surface area contributed by atoms with Gasteiger partial charge in [-0.15, -0.1) is 0 Å². The van der Waals surface area contributed by atoms with Gasteiger partial charge >= 0.3 is 5.97 Å². The van der Waals surface area contributed by atoms with E-state index in [4.69, 9.17) is 5.73 Å². The van der Waals surface area contributed by atoms with Gasteiger partial charge in [-0.1, -0.05) is 0 Å². The van der Waals surface area contributed by atoms with Gasteiger partial charge in [0, 0.05) is 12.6 Å². The van der Waals surface area contributed by atoms with E-state index in [0.29, 0.717) is 6.54 Å². The van der Waals surface area contributed by atoms with Crippen LogP contribution in [0.5, 0.6) is 0 Å². The minimum Gasteiger partial charge on any atom is -0.469 e. The number of ether oxygens (including phenoxy) is 1. The SMILES string of the molecule is COC(=O)[C@@H]1CN(C)CCC1N. The molecule has 1 heterocycles. The molecule has 12 heavy (non-hydrogen) atoms. The lowest BCUT2D eigenvalue weighted by molar-refractivity contribution is -0.147. The Hall–Kier alpha value is -0.610. The predicted octanol–water partition coefficient (Wildman–Crippen LogP) is -0.562. The number of carbonyl (C=O) groups excluding carboxylic acids is 1. The molecule has 0 radical (unpaired) electrons. The maximum atomic E-state index is 11.2. The molecule has 0 aromatic heterocycles. The van der Waals surface area contributed by atoms with Crippen molar-refractivity contribution in [3.05, 3.63) is 0 Å². The molecule has 0 aliphatic carbocycles. The van der Waals surface area contributed by atoms with Crippen LogP contribution in [0.15, 0.2) is 0 Å². The fourth-order valence-corrected chi connectivity index (χ4v) is 1.53. The largest absolute Gasteiger partial charge is 0.469 e. The van der Waals surface area contributed by atoms with Crippen LogP contribution in [-0.4, -0.2) is 44.2 Å². The summed E-state index contributed by atoms with van der Waals surface area (Å²) in [7, 11) is 3.39. The molecule has 4 heteroatoms. The van der Waals surface area contributed by atoms with Crippen molar-refractivity contribution in [2.45, 2.75) is 12.5 Å². The molecular weight excluding hydrogens is 156 g/mol. The fraction of sp³-hybridized carbons (Fsp3) is 0.875. The number of piperidine rings is 1. The molecule has 2 N–H and O–H groups in total. The average molecular weight is 172 g/mol. The smallest absolute Gasteiger partial charge is 0.311 e. The van der Waals surface area contributed by atoms with Crippen LogP contribution in [0.25, 0.3) is 0 Å². The molecule has 0 aromatic rings. The molecule has 0 aromatic carbocycles. The lowest BCUT2D eigenvalue weighted by Gasteiger charge is -2.32. The maximum absolute atomic E-state index is 11.2. The minimum atomic E-state index is -0.186. The molecule has 1 saturated heterocycles. The third-order valence-electron chi connectivity index (χ3n) is 2.37. The third kappa shape index (κ3) is 1.95. The summed E-state index contributed by atoms with van der Waals surface area (Å²) in [6.45, 7) is 1.68. The molecule has 1 aliphatic heterocycles. The molecule has 1 aliphatic rings. The molecule has 1 rings (SSSR count). The standard InChI is InChI=1S/C8H16N2O2/c1-10-4-3-7(9)6(5-10)8(11)12-2/h6-7H,3-5,9H2,1-2H3/t6-,7?/m1/s1. The highest BCUT2D eigenvalue weighted by molar-refractivity contribution is 5.73. The number of rotatable bonds is 1. The Morgan fingerprint density at radius 3 is 2.92 bits per heavy atom. The topological polar surface area (TPSA) is 55.6 Å². The Bertz CT molecular complexity index is 172. The van der Waals surface area contributed by atoms with Crippen molar-refractivity contribution in [1.82, 2.24) is 4.90 Å². The summed E-state index contributed by atoms with van der Waals surface area (Å²) in [6.07, 6.45) is 0.871. The number of methoxy groups -OCH3 is 1. The highest BCUT2D eigenvalue weighted by Crippen LogP contribution is 2.15. The van der Waals surface area contributed by atoms with Crippen molar-refractivity contribution < 1.29 is 9.53 Å². The molecule has 2 atom stereocenters. The van der Waals surface area contributed by atoms with Crippen LogP contribution >= 0.6 is 0 Å². The van der Waals surface area contributed by atoms with E-state index in [0.717, 1.165) is 13.0 Å². The molecular formula is C8H16N2O2. The Kier molecular flexibility index (Phi) is 3.05. The zero-order valence-electron chi connectivity index (χ0n) is 7.62. The van der Waals surface area contributed by atoms with Crippen LogP contribution in [0.2, 0.25) is 0 Å². The molecule has 1 fully saturated rings. The van der Waals surface area contributed by atoms with Gasteiger partial charge in [-0.3, -0.25) is 4.79 Å². The number of carbonyl (C=O) groups is 1. The quantitative estimate of drug-likeness (QED) is 0.539. The van der Waals surface area contributed by atoms with E-state index in [-0.39, 0.29) is 17.9 Å². The summed E-state index contributed by atoms with van der Waals surface area (Å²) in [5.41, 5.74) is 5.79. The van der Waals surface area contributed by atoms with Crippen molar-refractivity contribution in [3.8, 4) is 0 Å². The molecule has 0 amide bonds. The van der Waals surface area contributed by atoms with Crippen molar-refractivity contribution in [2.24, 2.45) is 11.7 Å². The Labute approximate surface area is 72.7 Å². The zero-order chi connectivity index (χ0) is 9.14. The van der Waals surface area contributed by atoms with E-state index in [1.54, 1.807) is 0 Å². The van der Waals surface area contributed by atoms with Gasteiger partial charge in [0.05, 0.1) is 13.0 Å². The Morgan fingerprint density at radius 1 is 1.67 bits per heavy atom. The summed E-state index contributed by atoms with van der Waals surface area (Å²) < 4.78 is 4.66. The number of esters is 1. The summed E-state index contributed by atoms with van der Waals surface area (Å²) in [5, 5.41) is 0. The number of hydrogen-bond acceptors (Lipinski definition) is 4. The fourth-order valence-electron chi connectivity index (χ4n) is 1.53. The monoisotopic (exact) mass is 172 g/mol. The normalized spacial score (nSPS) is 31.6. The highest BCUT2D eigenvalue weighted by Gasteiger charge is 2.31. The van der Waals surface area contributed by atoms with Gasteiger partial charge in [0.2, 0.25) is 0 Å². The van der Waals surface area contributed by atoms with Crippen LogP contribution < -0.4 is 5.73 Å². The Morgan fingerprint density at radius 2 is 2.33 bits per heavy atom. The summed E-state index contributed by atoms with van der Waals surface area (Å²) >= 11 is 0. The van der Waals surface area contributed by atoms with Crippen LogP contribution in [0, 0.1) is 5.92 Å². The summed E-state index contributed by atoms with van der Waals surface area (Å²) in [5.74, 6) is -0.331. The molecule has 4 nitrogen and oxygen atoms in total. The number of hydrogen-bond donors (Lipinski definition) is 1. The first-order chi connectivity index (χ1) is 5.65. The van der Waals surface area contributed by atoms with Gasteiger partial charge in [0.25, 0.3) is 0 Å². The van der Waals surface area contributed by atoms with E-state index in [1.807, 2.05) is 7.05 Å². The van der Waals surface area contributed by atoms with Gasteiger partial charge in [0.15, 0.2) is 0 Å². The lowest BCUT2D eigenvalue weighted by Crippen LogP contribution is -2.49. The van der Waals surface area contributed by atoms with Crippen molar-refractivity contribution in [3.63, 3.8) is 0 Å². The number of nitrogens with two attached hydrogens (primary N) is 1. The van der Waals surface area contributed by atoms with Crippen LogP contribution in [0.4, 0.5) is 0 Å². The maximum Gasteiger partial charge on any atom is 0.311 e. The van der Waals surface area contributed by atoms with Crippen molar-refractivity contribution >= 4 is 5.97 Å². The highest BCUT2D eigenvalue weighted by atomic mass is 16.5. The second kappa shape index (κ2) is 3.87. The van der Waals surface area contributed by atoms with Crippen LogP contribution in [-0.2, 0) is 9.53 Å². The van der Waals surface area contributed by atoms with Gasteiger partial charge < -0.3 is 15.4 Å². The first-order valence-corrected chi connectivity index (χ1v) is 4.17. The molecule has 0 spiro atoms. The first kappa shape index (κ1) is 9.48. The van der Waals surface area contributed by atoms with Crippen molar-refractivity contribution in [2.75, 3.05) is 27.2 Å². The van der Waals surface area contributed by atoms with E-state index in [1.165, 1.54) is 7.11 Å². The van der Waals surface area contributed by atoms with Crippen LogP contribution in [0.1, 0.15) is 6.42 Å². The summed E-state index contributed by atoms with van der Waals surface area (Å²) in [4.78, 5) is 13.3. The van der Waals surface area contributed by atoms with E-state index >= 15 is 0 Å². The Balaban J connectivity index is 2.54.